The minimum Gasteiger partial charge on any atom is -0.512 e. The number of rotatable bonds is 9. The number of thiophene rings is 1. The van der Waals surface area contributed by atoms with Crippen molar-refractivity contribution in [3.8, 4) is 22.4 Å². The Labute approximate surface area is 299 Å². The zero-order chi connectivity index (χ0) is 33.7. The molecule has 0 spiro atoms. The Bertz CT molecular complexity index is 1840. The molecule has 0 amide bonds. The summed E-state index contributed by atoms with van der Waals surface area (Å²) in [6, 6.07) is 20.6. The van der Waals surface area contributed by atoms with Crippen LogP contribution in [0.5, 0.6) is 0 Å². The predicted octanol–water partition coefficient (Wildman–Crippen LogP) is 11.9. The Morgan fingerprint density at radius 3 is 2.17 bits per heavy atom. The van der Waals surface area contributed by atoms with Crippen LogP contribution in [0.15, 0.2) is 84.3 Å². The second-order valence-corrected chi connectivity index (χ2v) is 14.7. The molecule has 1 radical (unpaired) electrons. The van der Waals surface area contributed by atoms with Gasteiger partial charge in [0.15, 0.2) is 5.78 Å². The molecule has 5 aromatic rings. The van der Waals surface area contributed by atoms with Gasteiger partial charge in [-0.1, -0.05) is 97.5 Å². The topological polar surface area (TPSA) is 63.1 Å². The van der Waals surface area contributed by atoms with Crippen molar-refractivity contribution in [3.63, 3.8) is 0 Å². The molecule has 0 aliphatic heterocycles. The van der Waals surface area contributed by atoms with Crippen molar-refractivity contribution < 1.29 is 30.0 Å². The monoisotopic (exact) mass is 826 g/mol. The van der Waals surface area contributed by atoms with Crippen molar-refractivity contribution in [3.05, 3.63) is 96.0 Å². The molecule has 0 bridgehead atoms. The van der Waals surface area contributed by atoms with Crippen LogP contribution in [-0.2, 0) is 30.3 Å². The zero-order valence-corrected chi connectivity index (χ0v) is 32.5. The molecule has 1 N–H and O–H groups in total. The summed E-state index contributed by atoms with van der Waals surface area (Å²) in [6.45, 7) is 18.9. The third kappa shape index (κ3) is 8.46. The number of pyridine rings is 2. The van der Waals surface area contributed by atoms with Gasteiger partial charge in [-0.05, 0) is 54.2 Å². The number of hydrogen-bond acceptors (Lipinski definition) is 5. The minimum absolute atomic E-state index is 0. The molecule has 0 saturated carbocycles. The first kappa shape index (κ1) is 38.3. The van der Waals surface area contributed by atoms with Crippen LogP contribution in [0.25, 0.3) is 43.2 Å². The van der Waals surface area contributed by atoms with E-state index in [0.717, 1.165) is 47.9 Å². The number of fused-ring (bicyclic) bond motifs is 2. The molecule has 5 rings (SSSR count). The molecule has 4 nitrogen and oxygen atoms in total. The van der Waals surface area contributed by atoms with Crippen molar-refractivity contribution in [1.29, 1.82) is 0 Å². The maximum atomic E-state index is 12.2. The number of aromatic nitrogens is 2. The van der Waals surface area contributed by atoms with Gasteiger partial charge in [0.1, 0.15) is 5.76 Å². The molecule has 251 valence electrons. The molecule has 0 atom stereocenters. The Morgan fingerprint density at radius 1 is 0.872 bits per heavy atom. The van der Waals surface area contributed by atoms with Crippen molar-refractivity contribution in [2.75, 3.05) is 0 Å². The van der Waals surface area contributed by atoms with E-state index < -0.39 is 0 Å². The van der Waals surface area contributed by atoms with Gasteiger partial charge in [0, 0.05) is 76.9 Å². The number of hydrogen-bond donors (Lipinski definition) is 1. The number of ketones is 1. The Kier molecular flexibility index (Phi) is 12.9. The van der Waals surface area contributed by atoms with Gasteiger partial charge in [0.05, 0.1) is 0 Å². The summed E-state index contributed by atoms with van der Waals surface area (Å²) in [5, 5.41) is 15.9. The molecule has 0 fully saturated rings. The van der Waals surface area contributed by atoms with E-state index in [1.54, 1.807) is 11.3 Å². The molecular weight excluding hydrogens is 777 g/mol. The fourth-order valence-corrected chi connectivity index (χ4v) is 6.45. The van der Waals surface area contributed by atoms with Gasteiger partial charge < -0.3 is 5.11 Å². The fraction of sp³-hybridized carbons (Fsp3) is 0.390. The van der Waals surface area contributed by atoms with Crippen LogP contribution < -0.4 is 0 Å². The SMILES string of the molecule is CC(C)(C)c1cc(-c2cc(-c3csc4ccncc34)ccn2)[c-]c2ccccc12.CCC(C)(CC)C(=O)/C=C(\O)C(C)(CC)CC.[Ir]. The second-order valence-electron chi connectivity index (χ2n) is 13.8. The number of aliphatic hydroxyl groups is 1. The van der Waals surface area contributed by atoms with E-state index in [2.05, 4.69) is 90.7 Å². The zero-order valence-electron chi connectivity index (χ0n) is 29.3. The average Bonchev–Trinajstić information content (AvgIpc) is 3.51. The molecule has 0 aliphatic carbocycles. The standard InChI is InChI=1S/C26H21N2S.C15H28O2.Ir/c1-26(2,3)23-13-19(12-17-6-4-5-7-20(17)23)24-14-18(8-11-28-24)22-16-29-25-9-10-27-15-21(22)25;1-7-14(5,8-2)12(16)11-13(17)15(6,9-3)10-4;/h4-11,13-16H,1-3H3;11,16H,7-10H2,1-6H3;/q-1;;/b;12-11-;. The normalized spacial score (nSPS) is 12.4. The first-order valence-corrected chi connectivity index (χ1v) is 17.4. The molecule has 2 aromatic carbocycles. The summed E-state index contributed by atoms with van der Waals surface area (Å²) in [6.07, 6.45) is 10.4. The summed E-state index contributed by atoms with van der Waals surface area (Å²) in [5.74, 6) is 0.286. The van der Waals surface area contributed by atoms with Gasteiger partial charge in [0.2, 0.25) is 0 Å². The van der Waals surface area contributed by atoms with Crippen molar-refractivity contribution in [2.45, 2.75) is 93.4 Å². The number of carbonyl (C=O) groups is 1. The van der Waals surface area contributed by atoms with Crippen molar-refractivity contribution in [2.24, 2.45) is 10.8 Å². The molecule has 0 aliphatic rings. The average molecular weight is 826 g/mol. The fourth-order valence-electron chi connectivity index (χ4n) is 5.51. The van der Waals surface area contributed by atoms with Gasteiger partial charge in [-0.25, -0.2) is 0 Å². The quantitative estimate of drug-likeness (QED) is 0.0913. The third-order valence-corrected chi connectivity index (χ3v) is 10.9. The number of allylic oxidation sites excluding steroid dienone is 2. The summed E-state index contributed by atoms with van der Waals surface area (Å²) in [5.41, 5.74) is 5.10. The second kappa shape index (κ2) is 15.8. The van der Waals surface area contributed by atoms with E-state index in [-0.39, 0.29) is 47.9 Å². The van der Waals surface area contributed by atoms with Crippen LogP contribution >= 0.6 is 11.3 Å². The summed E-state index contributed by atoms with van der Waals surface area (Å²) in [7, 11) is 0. The molecular formula is C41H49IrN2O2S-. The molecule has 0 saturated heterocycles. The van der Waals surface area contributed by atoms with E-state index in [0.29, 0.717) is 0 Å². The van der Waals surface area contributed by atoms with Crippen molar-refractivity contribution in [1.82, 2.24) is 9.97 Å². The third-order valence-electron chi connectivity index (χ3n) is 9.91. The first-order chi connectivity index (χ1) is 21.8. The summed E-state index contributed by atoms with van der Waals surface area (Å²) >= 11 is 1.75. The first-order valence-electron chi connectivity index (χ1n) is 16.5. The molecule has 0 unspecified atom stereocenters. The van der Waals surface area contributed by atoms with Crippen LogP contribution in [0.2, 0.25) is 0 Å². The maximum Gasteiger partial charge on any atom is 0.164 e. The smallest absolute Gasteiger partial charge is 0.164 e. The predicted molar refractivity (Wildman–Crippen MR) is 196 cm³/mol. The van der Waals surface area contributed by atoms with Gasteiger partial charge in [0.25, 0.3) is 0 Å². The Hall–Kier alpha value is -3.18. The van der Waals surface area contributed by atoms with E-state index >= 15 is 0 Å². The maximum absolute atomic E-state index is 12.2. The van der Waals surface area contributed by atoms with Gasteiger partial charge in [-0.2, -0.15) is 0 Å². The minimum atomic E-state index is -0.337. The van der Waals surface area contributed by atoms with Gasteiger partial charge in [-0.15, -0.1) is 40.5 Å². The van der Waals surface area contributed by atoms with Crippen molar-refractivity contribution >= 4 is 38.0 Å². The molecule has 3 heterocycles. The molecule has 3 aromatic heterocycles. The van der Waals surface area contributed by atoms with Crippen LogP contribution in [0.4, 0.5) is 0 Å². The largest absolute Gasteiger partial charge is 0.512 e. The summed E-state index contributed by atoms with van der Waals surface area (Å²) < 4.78 is 1.25. The Balaban J connectivity index is 0.000000290. The van der Waals surface area contributed by atoms with Crippen LogP contribution in [0.1, 0.15) is 93.6 Å². The molecule has 6 heteroatoms. The Morgan fingerprint density at radius 2 is 1.53 bits per heavy atom. The van der Waals surface area contributed by atoms with Gasteiger partial charge in [-0.3, -0.25) is 14.8 Å². The number of benzene rings is 2. The number of aliphatic hydroxyl groups excluding tert-OH is 1. The van der Waals surface area contributed by atoms with Crippen LogP contribution in [0, 0.1) is 16.9 Å². The van der Waals surface area contributed by atoms with Crippen LogP contribution in [0.3, 0.4) is 0 Å². The van der Waals surface area contributed by atoms with Gasteiger partial charge >= 0.3 is 0 Å². The molecule has 47 heavy (non-hydrogen) atoms. The van der Waals surface area contributed by atoms with E-state index in [9.17, 15) is 9.90 Å². The van der Waals surface area contributed by atoms with Crippen LogP contribution in [-0.4, -0.2) is 20.9 Å². The van der Waals surface area contributed by atoms with E-state index in [1.165, 1.54) is 32.7 Å². The number of nitrogens with zero attached hydrogens (tertiary/aromatic N) is 2. The van der Waals surface area contributed by atoms with E-state index in [1.807, 2.05) is 60.1 Å². The van der Waals surface area contributed by atoms with E-state index in [4.69, 9.17) is 0 Å². The number of carbonyl (C=O) groups excluding carboxylic acids is 1. The summed E-state index contributed by atoms with van der Waals surface area (Å²) in [4.78, 5) is 21.2.